The van der Waals surface area contributed by atoms with Crippen LogP contribution in [0.15, 0.2) is 30.3 Å². The molecule has 0 saturated heterocycles. The summed E-state index contributed by atoms with van der Waals surface area (Å²) in [5, 5.41) is 0. The molecule has 0 fully saturated rings. The maximum atomic E-state index is 11.3. The van der Waals surface area contributed by atoms with E-state index in [0.717, 1.165) is 6.42 Å². The molecule has 0 aliphatic heterocycles. The number of ketones is 1. The van der Waals surface area contributed by atoms with Gasteiger partial charge in [0.25, 0.3) is 0 Å². The number of Topliss-reactive ketones (excluding diaryl/α,β-unsaturated/α-hetero) is 1. The third-order valence-corrected chi connectivity index (χ3v) is 2.28. The molecule has 0 radical (unpaired) electrons. The predicted octanol–water partition coefficient (Wildman–Crippen LogP) is 2.84. The molecule has 1 heteroatoms. The zero-order valence-electron chi connectivity index (χ0n) is 8.29. The number of rotatable bonds is 4. The smallest absolute Gasteiger partial charge is 0.135 e. The number of benzene rings is 1. The molecule has 1 nitrogen and oxygen atoms in total. The monoisotopic (exact) mass is 176 g/mol. The van der Waals surface area contributed by atoms with Crippen LogP contribution in [0.5, 0.6) is 0 Å². The van der Waals surface area contributed by atoms with Crippen LogP contribution in [-0.2, 0) is 11.2 Å². The number of hydrogen-bond donors (Lipinski definition) is 0. The van der Waals surface area contributed by atoms with Crippen molar-refractivity contribution in [3.63, 3.8) is 0 Å². The molecule has 1 atom stereocenters. The standard InChI is InChI=1S/C12H16O/c1-3-12(13)10(2)9-11-7-5-4-6-8-11/h4-8,10H,3,9H2,1-2H3. The Morgan fingerprint density at radius 3 is 2.46 bits per heavy atom. The lowest BCUT2D eigenvalue weighted by Gasteiger charge is -2.08. The predicted molar refractivity (Wildman–Crippen MR) is 54.6 cm³/mol. The van der Waals surface area contributed by atoms with E-state index in [1.807, 2.05) is 32.0 Å². The summed E-state index contributed by atoms with van der Waals surface area (Å²) in [6.45, 7) is 3.92. The Morgan fingerprint density at radius 1 is 1.31 bits per heavy atom. The average Bonchev–Trinajstić information content (AvgIpc) is 2.18. The van der Waals surface area contributed by atoms with Crippen molar-refractivity contribution in [2.45, 2.75) is 26.7 Å². The SMILES string of the molecule is CCC(=O)C(C)Cc1ccccc1. The van der Waals surface area contributed by atoms with Crippen molar-refractivity contribution in [2.24, 2.45) is 5.92 Å². The van der Waals surface area contributed by atoms with E-state index in [1.165, 1.54) is 5.56 Å². The summed E-state index contributed by atoms with van der Waals surface area (Å²) >= 11 is 0. The topological polar surface area (TPSA) is 17.1 Å². The Kier molecular flexibility index (Phi) is 3.69. The molecule has 0 saturated carbocycles. The van der Waals surface area contributed by atoms with Crippen LogP contribution in [-0.4, -0.2) is 5.78 Å². The molecule has 0 spiro atoms. The molecule has 0 aliphatic carbocycles. The molecule has 0 aromatic heterocycles. The molecule has 1 aromatic rings. The van der Waals surface area contributed by atoms with Crippen molar-refractivity contribution < 1.29 is 4.79 Å². The first-order chi connectivity index (χ1) is 6.24. The zero-order chi connectivity index (χ0) is 9.68. The van der Waals surface area contributed by atoms with E-state index < -0.39 is 0 Å². The number of carbonyl (C=O) groups excluding carboxylic acids is 1. The van der Waals surface area contributed by atoms with Crippen LogP contribution in [0.4, 0.5) is 0 Å². The van der Waals surface area contributed by atoms with E-state index in [2.05, 4.69) is 12.1 Å². The molecule has 0 heterocycles. The van der Waals surface area contributed by atoms with Gasteiger partial charge in [0.05, 0.1) is 0 Å². The van der Waals surface area contributed by atoms with E-state index in [9.17, 15) is 4.79 Å². The molecule has 1 unspecified atom stereocenters. The van der Waals surface area contributed by atoms with E-state index in [0.29, 0.717) is 12.2 Å². The van der Waals surface area contributed by atoms with Crippen LogP contribution in [0.1, 0.15) is 25.8 Å². The second kappa shape index (κ2) is 4.80. The summed E-state index contributed by atoms with van der Waals surface area (Å²) < 4.78 is 0. The molecule has 0 aliphatic rings. The minimum Gasteiger partial charge on any atom is -0.299 e. The average molecular weight is 176 g/mol. The van der Waals surface area contributed by atoms with Crippen LogP contribution in [0.25, 0.3) is 0 Å². The first-order valence-electron chi connectivity index (χ1n) is 4.80. The molecular weight excluding hydrogens is 160 g/mol. The fraction of sp³-hybridized carbons (Fsp3) is 0.417. The minimum absolute atomic E-state index is 0.160. The summed E-state index contributed by atoms with van der Waals surface area (Å²) in [7, 11) is 0. The van der Waals surface area contributed by atoms with Gasteiger partial charge in [-0.2, -0.15) is 0 Å². The van der Waals surface area contributed by atoms with Crippen molar-refractivity contribution >= 4 is 5.78 Å². The van der Waals surface area contributed by atoms with Crippen molar-refractivity contribution in [1.29, 1.82) is 0 Å². The molecule has 1 rings (SSSR count). The molecule has 0 amide bonds. The highest BCUT2D eigenvalue weighted by atomic mass is 16.1. The maximum Gasteiger partial charge on any atom is 0.135 e. The fourth-order valence-corrected chi connectivity index (χ4v) is 1.43. The molecule has 0 bridgehead atoms. The Labute approximate surface area is 79.8 Å². The highest BCUT2D eigenvalue weighted by Gasteiger charge is 2.10. The summed E-state index contributed by atoms with van der Waals surface area (Å²) in [6, 6.07) is 10.2. The highest BCUT2D eigenvalue weighted by molar-refractivity contribution is 5.80. The Bertz CT molecular complexity index is 264. The van der Waals surface area contributed by atoms with Crippen molar-refractivity contribution in [3.8, 4) is 0 Å². The Hall–Kier alpha value is -1.11. The lowest BCUT2D eigenvalue weighted by Crippen LogP contribution is -2.12. The minimum atomic E-state index is 0.160. The van der Waals surface area contributed by atoms with Gasteiger partial charge in [0, 0.05) is 12.3 Å². The van der Waals surface area contributed by atoms with Crippen molar-refractivity contribution in [3.05, 3.63) is 35.9 Å². The van der Waals surface area contributed by atoms with Gasteiger partial charge in [-0.3, -0.25) is 4.79 Å². The van der Waals surface area contributed by atoms with E-state index in [1.54, 1.807) is 0 Å². The van der Waals surface area contributed by atoms with Crippen LogP contribution in [0.3, 0.4) is 0 Å². The van der Waals surface area contributed by atoms with Crippen LogP contribution in [0.2, 0.25) is 0 Å². The van der Waals surface area contributed by atoms with Gasteiger partial charge in [0.2, 0.25) is 0 Å². The zero-order valence-corrected chi connectivity index (χ0v) is 8.29. The van der Waals surface area contributed by atoms with Crippen LogP contribution < -0.4 is 0 Å². The summed E-state index contributed by atoms with van der Waals surface area (Å²) in [4.78, 5) is 11.3. The van der Waals surface area contributed by atoms with Gasteiger partial charge < -0.3 is 0 Å². The first kappa shape index (κ1) is 9.97. The van der Waals surface area contributed by atoms with Gasteiger partial charge in [-0.15, -0.1) is 0 Å². The van der Waals surface area contributed by atoms with Gasteiger partial charge in [-0.1, -0.05) is 44.2 Å². The summed E-state index contributed by atoms with van der Waals surface area (Å²) in [5.74, 6) is 0.510. The van der Waals surface area contributed by atoms with Gasteiger partial charge in [0.1, 0.15) is 5.78 Å². The lowest BCUT2D eigenvalue weighted by molar-refractivity contribution is -0.122. The van der Waals surface area contributed by atoms with Gasteiger partial charge >= 0.3 is 0 Å². The second-order valence-corrected chi connectivity index (χ2v) is 3.41. The number of carbonyl (C=O) groups is 1. The third kappa shape index (κ3) is 3.02. The van der Waals surface area contributed by atoms with Crippen LogP contribution >= 0.6 is 0 Å². The van der Waals surface area contributed by atoms with Gasteiger partial charge in [-0.25, -0.2) is 0 Å². The summed E-state index contributed by atoms with van der Waals surface area (Å²) in [5.41, 5.74) is 1.25. The quantitative estimate of drug-likeness (QED) is 0.689. The third-order valence-electron chi connectivity index (χ3n) is 2.28. The van der Waals surface area contributed by atoms with Gasteiger partial charge in [0.15, 0.2) is 0 Å². The van der Waals surface area contributed by atoms with Crippen LogP contribution in [0, 0.1) is 5.92 Å². The fourth-order valence-electron chi connectivity index (χ4n) is 1.43. The molecule has 70 valence electrons. The van der Waals surface area contributed by atoms with Crippen molar-refractivity contribution in [1.82, 2.24) is 0 Å². The summed E-state index contributed by atoms with van der Waals surface area (Å²) in [6.07, 6.45) is 1.52. The van der Waals surface area contributed by atoms with Crippen molar-refractivity contribution in [2.75, 3.05) is 0 Å². The van der Waals surface area contributed by atoms with E-state index in [4.69, 9.17) is 0 Å². The first-order valence-corrected chi connectivity index (χ1v) is 4.80. The normalized spacial score (nSPS) is 12.5. The van der Waals surface area contributed by atoms with Gasteiger partial charge in [-0.05, 0) is 12.0 Å². The Balaban J connectivity index is 2.55. The molecular formula is C12H16O. The number of hydrogen-bond acceptors (Lipinski definition) is 1. The highest BCUT2D eigenvalue weighted by Crippen LogP contribution is 2.10. The molecule has 13 heavy (non-hydrogen) atoms. The second-order valence-electron chi connectivity index (χ2n) is 3.41. The van der Waals surface area contributed by atoms with E-state index in [-0.39, 0.29) is 5.92 Å². The largest absolute Gasteiger partial charge is 0.299 e. The molecule has 1 aromatic carbocycles. The molecule has 0 N–H and O–H groups in total. The lowest BCUT2D eigenvalue weighted by atomic mass is 9.96. The van der Waals surface area contributed by atoms with E-state index >= 15 is 0 Å². The maximum absolute atomic E-state index is 11.3. The Morgan fingerprint density at radius 2 is 1.92 bits per heavy atom.